The molecule has 0 saturated carbocycles. The smallest absolute Gasteiger partial charge is 0.0991 e. The van der Waals surface area contributed by atoms with Crippen LogP contribution < -0.4 is 5.73 Å². The summed E-state index contributed by atoms with van der Waals surface area (Å²) in [5.41, 5.74) is 7.04. The van der Waals surface area contributed by atoms with Crippen molar-refractivity contribution in [1.29, 1.82) is 5.26 Å². The quantitative estimate of drug-likeness (QED) is 0.827. The third kappa shape index (κ3) is 2.49. The second-order valence-corrected chi connectivity index (χ2v) is 2.98. The van der Waals surface area contributed by atoms with Crippen LogP contribution in [0.1, 0.15) is 11.1 Å². The first-order chi connectivity index (χ1) is 5.27. The second-order valence-electron chi connectivity index (χ2n) is 2.12. The lowest BCUT2D eigenvalue weighted by atomic mass is 10.1. The summed E-state index contributed by atoms with van der Waals surface area (Å²) in [7, 11) is 0. The molecule has 0 atom stereocenters. The van der Waals surface area contributed by atoms with Crippen molar-refractivity contribution in [3.63, 3.8) is 0 Å². The molecule has 0 bridgehead atoms. The molecular formula is C8H8BrClN2. The van der Waals surface area contributed by atoms with Gasteiger partial charge in [0, 0.05) is 11.0 Å². The van der Waals surface area contributed by atoms with E-state index in [2.05, 4.69) is 22.0 Å². The van der Waals surface area contributed by atoms with Gasteiger partial charge in [-0.15, -0.1) is 12.4 Å². The fraction of sp³-hybridized carbons (Fsp3) is 0.125. The molecule has 12 heavy (non-hydrogen) atoms. The second kappa shape index (κ2) is 5.15. The van der Waals surface area contributed by atoms with Crippen molar-refractivity contribution in [2.24, 2.45) is 5.73 Å². The Kier molecular flexibility index (Phi) is 4.91. The fourth-order valence-corrected chi connectivity index (χ4v) is 1.21. The summed E-state index contributed by atoms with van der Waals surface area (Å²) in [6.45, 7) is 0.454. The molecule has 1 aromatic rings. The van der Waals surface area contributed by atoms with E-state index in [1.54, 1.807) is 12.1 Å². The van der Waals surface area contributed by atoms with E-state index in [1.807, 2.05) is 6.07 Å². The lowest BCUT2D eigenvalue weighted by Crippen LogP contribution is -1.97. The summed E-state index contributed by atoms with van der Waals surface area (Å²) in [4.78, 5) is 0. The zero-order valence-corrected chi connectivity index (χ0v) is 8.65. The van der Waals surface area contributed by atoms with Crippen molar-refractivity contribution >= 4 is 28.3 Å². The van der Waals surface area contributed by atoms with E-state index in [9.17, 15) is 0 Å². The van der Waals surface area contributed by atoms with Crippen LogP contribution in [0.25, 0.3) is 0 Å². The summed E-state index contributed by atoms with van der Waals surface area (Å²) in [6.07, 6.45) is 0. The summed E-state index contributed by atoms with van der Waals surface area (Å²) in [6, 6.07) is 7.42. The Hall–Kier alpha value is -0.560. The number of rotatable bonds is 1. The van der Waals surface area contributed by atoms with E-state index >= 15 is 0 Å². The highest BCUT2D eigenvalue weighted by Gasteiger charge is 1.97. The molecule has 0 aliphatic heterocycles. The van der Waals surface area contributed by atoms with E-state index < -0.39 is 0 Å². The monoisotopic (exact) mass is 246 g/mol. The Morgan fingerprint density at radius 1 is 1.50 bits per heavy atom. The number of hydrogen-bond donors (Lipinski definition) is 1. The van der Waals surface area contributed by atoms with Gasteiger partial charge in [0.1, 0.15) is 0 Å². The van der Waals surface area contributed by atoms with E-state index in [-0.39, 0.29) is 12.4 Å². The van der Waals surface area contributed by atoms with Crippen molar-refractivity contribution in [3.8, 4) is 6.07 Å². The van der Waals surface area contributed by atoms with Gasteiger partial charge < -0.3 is 5.73 Å². The predicted molar refractivity (Wildman–Crippen MR) is 54.0 cm³/mol. The van der Waals surface area contributed by atoms with Crippen LogP contribution in [-0.4, -0.2) is 0 Å². The molecule has 1 rings (SSSR count). The van der Waals surface area contributed by atoms with Gasteiger partial charge in [-0.3, -0.25) is 0 Å². The highest BCUT2D eigenvalue weighted by Crippen LogP contribution is 2.16. The number of benzene rings is 1. The molecule has 0 saturated heterocycles. The Balaban J connectivity index is 0.00000121. The summed E-state index contributed by atoms with van der Waals surface area (Å²) < 4.78 is 0.957. The number of nitrogens with zero attached hydrogens (tertiary/aromatic N) is 1. The molecule has 64 valence electrons. The van der Waals surface area contributed by atoms with Gasteiger partial charge in [0.25, 0.3) is 0 Å². The number of hydrogen-bond acceptors (Lipinski definition) is 2. The molecular weight excluding hydrogens is 239 g/mol. The molecule has 1 aromatic carbocycles. The maximum atomic E-state index is 8.54. The molecule has 0 spiro atoms. The first-order valence-corrected chi connectivity index (χ1v) is 3.96. The highest BCUT2D eigenvalue weighted by atomic mass is 79.9. The summed E-state index contributed by atoms with van der Waals surface area (Å²) in [5.74, 6) is 0. The molecule has 0 aromatic heterocycles. The van der Waals surface area contributed by atoms with Crippen molar-refractivity contribution < 1.29 is 0 Å². The SMILES string of the molecule is Cl.N#Cc1ccc(Br)c(CN)c1. The molecule has 0 amide bonds. The van der Waals surface area contributed by atoms with Crippen molar-refractivity contribution in [2.45, 2.75) is 6.54 Å². The average Bonchev–Trinajstić information content (AvgIpc) is 2.05. The van der Waals surface area contributed by atoms with Crippen LogP contribution in [0.2, 0.25) is 0 Å². The summed E-state index contributed by atoms with van der Waals surface area (Å²) in [5, 5.41) is 8.54. The van der Waals surface area contributed by atoms with Crippen molar-refractivity contribution in [1.82, 2.24) is 0 Å². The first kappa shape index (κ1) is 11.4. The van der Waals surface area contributed by atoms with Gasteiger partial charge in [-0.05, 0) is 23.8 Å². The van der Waals surface area contributed by atoms with Gasteiger partial charge in [0.15, 0.2) is 0 Å². The van der Waals surface area contributed by atoms with Gasteiger partial charge in [-0.2, -0.15) is 5.26 Å². The lowest BCUT2D eigenvalue weighted by Gasteiger charge is -1.99. The number of nitrogens with two attached hydrogens (primary N) is 1. The molecule has 0 radical (unpaired) electrons. The largest absolute Gasteiger partial charge is 0.326 e. The zero-order valence-electron chi connectivity index (χ0n) is 6.25. The predicted octanol–water partition coefficient (Wildman–Crippen LogP) is 2.20. The van der Waals surface area contributed by atoms with E-state index in [0.717, 1.165) is 10.0 Å². The van der Waals surface area contributed by atoms with E-state index in [1.165, 1.54) is 0 Å². The van der Waals surface area contributed by atoms with Crippen LogP contribution in [0.4, 0.5) is 0 Å². The van der Waals surface area contributed by atoms with Gasteiger partial charge in [0.2, 0.25) is 0 Å². The lowest BCUT2D eigenvalue weighted by molar-refractivity contribution is 1.06. The minimum Gasteiger partial charge on any atom is -0.326 e. The van der Waals surface area contributed by atoms with Crippen molar-refractivity contribution in [2.75, 3.05) is 0 Å². The third-order valence-electron chi connectivity index (χ3n) is 1.39. The fourth-order valence-electron chi connectivity index (χ4n) is 0.801. The molecule has 0 unspecified atom stereocenters. The Bertz CT molecular complexity index is 306. The van der Waals surface area contributed by atoms with Gasteiger partial charge in [-0.25, -0.2) is 0 Å². The standard InChI is InChI=1S/C8H7BrN2.ClH/c9-8-2-1-6(4-10)3-7(8)5-11;/h1-3H,5,11H2;1H. The third-order valence-corrected chi connectivity index (χ3v) is 2.17. The zero-order chi connectivity index (χ0) is 8.27. The number of halogens is 2. The molecule has 4 heteroatoms. The Morgan fingerprint density at radius 2 is 2.17 bits per heavy atom. The van der Waals surface area contributed by atoms with Gasteiger partial charge >= 0.3 is 0 Å². The highest BCUT2D eigenvalue weighted by molar-refractivity contribution is 9.10. The van der Waals surface area contributed by atoms with Crippen LogP contribution in [-0.2, 0) is 6.54 Å². The normalized spacial score (nSPS) is 8.42. The van der Waals surface area contributed by atoms with Crippen LogP contribution in [0.5, 0.6) is 0 Å². The number of nitriles is 1. The molecule has 0 aliphatic carbocycles. The molecule has 0 heterocycles. The maximum absolute atomic E-state index is 8.54. The molecule has 0 aliphatic rings. The topological polar surface area (TPSA) is 49.8 Å². The summed E-state index contributed by atoms with van der Waals surface area (Å²) >= 11 is 3.33. The molecule has 2 nitrogen and oxygen atoms in total. The van der Waals surface area contributed by atoms with Crippen molar-refractivity contribution in [3.05, 3.63) is 33.8 Å². The van der Waals surface area contributed by atoms with Gasteiger partial charge in [-0.1, -0.05) is 15.9 Å². The minimum absolute atomic E-state index is 0. The average molecular weight is 248 g/mol. The van der Waals surface area contributed by atoms with Crippen LogP contribution in [0, 0.1) is 11.3 Å². The first-order valence-electron chi connectivity index (χ1n) is 3.16. The van der Waals surface area contributed by atoms with Crippen LogP contribution >= 0.6 is 28.3 Å². The van der Waals surface area contributed by atoms with Gasteiger partial charge in [0.05, 0.1) is 11.6 Å². The molecule has 2 N–H and O–H groups in total. The minimum atomic E-state index is 0. The molecule has 0 fully saturated rings. The maximum Gasteiger partial charge on any atom is 0.0991 e. The van der Waals surface area contributed by atoms with Crippen LogP contribution in [0.3, 0.4) is 0 Å². The van der Waals surface area contributed by atoms with E-state index in [4.69, 9.17) is 11.0 Å². The van der Waals surface area contributed by atoms with E-state index in [0.29, 0.717) is 12.1 Å². The van der Waals surface area contributed by atoms with Crippen LogP contribution in [0.15, 0.2) is 22.7 Å². The Morgan fingerprint density at radius 3 is 2.67 bits per heavy atom. The Labute approximate surface area is 85.9 Å².